The molecular weight excluding hydrogens is 400 g/mol. The van der Waals surface area contributed by atoms with Crippen LogP contribution in [-0.2, 0) is 14.3 Å². The molecule has 0 radical (unpaired) electrons. The van der Waals surface area contributed by atoms with Gasteiger partial charge in [-0.1, -0.05) is 6.08 Å². The van der Waals surface area contributed by atoms with Crippen molar-refractivity contribution >= 4 is 22.8 Å². The maximum atomic E-state index is 12.8. The van der Waals surface area contributed by atoms with E-state index in [1.165, 1.54) is 6.33 Å². The van der Waals surface area contributed by atoms with Crippen LogP contribution in [0.1, 0.15) is 19.8 Å². The Bertz CT molecular complexity index is 1010. The van der Waals surface area contributed by atoms with Gasteiger partial charge in [0.15, 0.2) is 0 Å². The van der Waals surface area contributed by atoms with Crippen molar-refractivity contribution < 1.29 is 23.8 Å². The van der Waals surface area contributed by atoms with Gasteiger partial charge in [-0.3, -0.25) is 4.79 Å². The number of benzene rings is 1. The zero-order chi connectivity index (χ0) is 22.0. The number of nitrogens with zero attached hydrogens (tertiary/aromatic N) is 2. The lowest BCUT2D eigenvalue weighted by atomic mass is 10.1. The Morgan fingerprint density at radius 3 is 2.94 bits per heavy atom. The van der Waals surface area contributed by atoms with E-state index >= 15 is 0 Å². The molecule has 0 spiro atoms. The zero-order valence-corrected chi connectivity index (χ0v) is 17.6. The molecule has 164 valence electrons. The minimum absolute atomic E-state index is 0.117. The maximum Gasteiger partial charge on any atom is 0.332 e. The number of hydrogen-bond acceptors (Lipinski definition) is 8. The Labute approximate surface area is 180 Å². The summed E-state index contributed by atoms with van der Waals surface area (Å²) >= 11 is 0. The van der Waals surface area contributed by atoms with E-state index in [1.807, 2.05) is 18.2 Å². The first kappa shape index (κ1) is 21.0. The summed E-state index contributed by atoms with van der Waals surface area (Å²) in [7, 11) is 1.60. The van der Waals surface area contributed by atoms with Crippen molar-refractivity contribution in [1.82, 2.24) is 20.6 Å². The molecule has 9 nitrogen and oxygen atoms in total. The van der Waals surface area contributed by atoms with Crippen molar-refractivity contribution in [3.05, 3.63) is 37.2 Å². The quantitative estimate of drug-likeness (QED) is 0.481. The van der Waals surface area contributed by atoms with Gasteiger partial charge in [-0.25, -0.2) is 14.8 Å². The van der Waals surface area contributed by atoms with Crippen molar-refractivity contribution in [2.75, 3.05) is 20.3 Å². The second-order valence-corrected chi connectivity index (χ2v) is 7.73. The molecule has 9 heteroatoms. The number of methoxy groups -OCH3 is 1. The number of aromatic nitrogens is 2. The number of hydrogen-bond donors (Lipinski definition) is 2. The Morgan fingerprint density at radius 2 is 2.23 bits per heavy atom. The van der Waals surface area contributed by atoms with Crippen molar-refractivity contribution in [2.45, 2.75) is 37.5 Å². The SMILES string of the molecule is C=C[C@@H]1C[C@]1(NC(=O)[C@@H]1C[C@@H](Oc2ncnc3cc(OC)ccc23)CN1)C(=O)OCC. The van der Waals surface area contributed by atoms with Gasteiger partial charge in [0.1, 0.15) is 23.7 Å². The summed E-state index contributed by atoms with van der Waals surface area (Å²) < 4.78 is 16.5. The van der Waals surface area contributed by atoms with Crippen molar-refractivity contribution in [3.63, 3.8) is 0 Å². The average Bonchev–Trinajstić information content (AvgIpc) is 3.30. The zero-order valence-electron chi connectivity index (χ0n) is 17.6. The van der Waals surface area contributed by atoms with E-state index in [2.05, 4.69) is 27.2 Å². The molecule has 4 rings (SSSR count). The highest BCUT2D eigenvalue weighted by Gasteiger charge is 2.61. The highest BCUT2D eigenvalue weighted by atomic mass is 16.5. The molecule has 1 aromatic carbocycles. The van der Waals surface area contributed by atoms with Crippen LogP contribution < -0.4 is 20.1 Å². The first-order chi connectivity index (χ1) is 15.0. The van der Waals surface area contributed by atoms with E-state index in [-0.39, 0.29) is 24.5 Å². The number of esters is 1. The molecule has 2 heterocycles. The summed E-state index contributed by atoms with van der Waals surface area (Å²) in [6, 6.07) is 5.01. The molecule has 1 aromatic heterocycles. The lowest BCUT2D eigenvalue weighted by Gasteiger charge is -2.20. The maximum absolute atomic E-state index is 12.8. The molecule has 4 atom stereocenters. The van der Waals surface area contributed by atoms with Gasteiger partial charge in [-0.05, 0) is 25.5 Å². The fraction of sp³-hybridized carbons (Fsp3) is 0.455. The highest BCUT2D eigenvalue weighted by Crippen LogP contribution is 2.45. The van der Waals surface area contributed by atoms with E-state index in [4.69, 9.17) is 14.2 Å². The van der Waals surface area contributed by atoms with Crippen LogP contribution in [0.3, 0.4) is 0 Å². The number of ether oxygens (including phenoxy) is 3. The van der Waals surface area contributed by atoms with Crippen LogP contribution in [0.2, 0.25) is 0 Å². The molecule has 0 unspecified atom stereocenters. The minimum Gasteiger partial charge on any atom is -0.497 e. The second kappa shape index (κ2) is 8.50. The third kappa shape index (κ3) is 4.05. The molecule has 1 amide bonds. The number of fused-ring (bicyclic) bond motifs is 1. The van der Waals surface area contributed by atoms with Gasteiger partial charge in [-0.2, -0.15) is 0 Å². The van der Waals surface area contributed by atoms with E-state index in [0.717, 1.165) is 5.39 Å². The smallest absolute Gasteiger partial charge is 0.332 e. The lowest BCUT2D eigenvalue weighted by molar-refractivity contribution is -0.149. The Kier molecular flexibility index (Phi) is 5.77. The topological polar surface area (TPSA) is 112 Å². The van der Waals surface area contributed by atoms with E-state index in [1.54, 1.807) is 20.1 Å². The van der Waals surface area contributed by atoms with Crippen LogP contribution in [-0.4, -0.2) is 59.8 Å². The van der Waals surface area contributed by atoms with Crippen LogP contribution in [0.5, 0.6) is 11.6 Å². The lowest BCUT2D eigenvalue weighted by Crippen LogP contribution is -2.51. The fourth-order valence-corrected chi connectivity index (χ4v) is 3.95. The van der Waals surface area contributed by atoms with Gasteiger partial charge in [0.25, 0.3) is 0 Å². The molecule has 2 aromatic rings. The summed E-state index contributed by atoms with van der Waals surface area (Å²) in [5, 5.41) is 6.82. The average molecular weight is 426 g/mol. The van der Waals surface area contributed by atoms with Gasteiger partial charge in [0.2, 0.25) is 11.8 Å². The van der Waals surface area contributed by atoms with Crippen LogP contribution >= 0.6 is 0 Å². The van der Waals surface area contributed by atoms with Crippen LogP contribution in [0.25, 0.3) is 10.9 Å². The number of carbonyl (C=O) groups excluding carboxylic acids is 2. The van der Waals surface area contributed by atoms with E-state index in [0.29, 0.717) is 36.5 Å². The largest absolute Gasteiger partial charge is 0.497 e. The third-order valence-corrected chi connectivity index (χ3v) is 5.78. The van der Waals surface area contributed by atoms with Crippen LogP contribution in [0.15, 0.2) is 37.2 Å². The Balaban J connectivity index is 1.41. The van der Waals surface area contributed by atoms with Crippen LogP contribution in [0.4, 0.5) is 0 Å². The highest BCUT2D eigenvalue weighted by molar-refractivity contribution is 5.93. The number of nitrogens with one attached hydrogen (secondary N) is 2. The predicted octanol–water partition coefficient (Wildman–Crippen LogP) is 1.37. The third-order valence-electron chi connectivity index (χ3n) is 5.78. The van der Waals surface area contributed by atoms with Gasteiger partial charge in [0, 0.05) is 24.9 Å². The molecule has 2 N–H and O–H groups in total. The standard InChI is InChI=1S/C22H26N4O5/c1-4-13-10-22(13,21(28)30-5-2)26-19(27)18-9-15(11-23-18)31-20-16-7-6-14(29-3)8-17(16)24-12-25-20/h4,6-8,12-13,15,18,23H,1,5,9-11H2,2-3H3,(H,26,27)/t13-,15-,18+,22-/m1/s1. The summed E-state index contributed by atoms with van der Waals surface area (Å²) in [5.41, 5.74) is -0.289. The van der Waals surface area contributed by atoms with Crippen molar-refractivity contribution in [3.8, 4) is 11.6 Å². The van der Waals surface area contributed by atoms with Gasteiger partial charge < -0.3 is 24.8 Å². The normalized spacial score (nSPS) is 26.8. The molecule has 1 saturated heterocycles. The molecule has 1 aliphatic heterocycles. The summed E-state index contributed by atoms with van der Waals surface area (Å²) in [6.07, 6.45) is 3.83. The molecule has 1 saturated carbocycles. The van der Waals surface area contributed by atoms with E-state index < -0.39 is 17.6 Å². The first-order valence-electron chi connectivity index (χ1n) is 10.3. The monoisotopic (exact) mass is 426 g/mol. The van der Waals surface area contributed by atoms with Gasteiger partial charge >= 0.3 is 5.97 Å². The summed E-state index contributed by atoms with van der Waals surface area (Å²) in [4.78, 5) is 33.7. The summed E-state index contributed by atoms with van der Waals surface area (Å²) in [6.45, 7) is 6.23. The van der Waals surface area contributed by atoms with Gasteiger partial charge in [-0.15, -0.1) is 6.58 Å². The Morgan fingerprint density at radius 1 is 1.39 bits per heavy atom. The number of carbonyl (C=O) groups is 2. The van der Waals surface area contributed by atoms with E-state index in [9.17, 15) is 9.59 Å². The summed E-state index contributed by atoms with van der Waals surface area (Å²) in [5.74, 6) is 0.373. The number of rotatable bonds is 8. The number of amides is 1. The van der Waals surface area contributed by atoms with Crippen LogP contribution in [0, 0.1) is 5.92 Å². The molecule has 2 fully saturated rings. The molecule has 31 heavy (non-hydrogen) atoms. The van der Waals surface area contributed by atoms with Crippen molar-refractivity contribution in [1.29, 1.82) is 0 Å². The fourth-order valence-electron chi connectivity index (χ4n) is 3.95. The first-order valence-corrected chi connectivity index (χ1v) is 10.3. The Hall–Kier alpha value is -3.20. The minimum atomic E-state index is -1.00. The van der Waals surface area contributed by atoms with Crippen molar-refractivity contribution in [2.24, 2.45) is 5.92 Å². The molecule has 0 bridgehead atoms. The predicted molar refractivity (Wildman–Crippen MR) is 113 cm³/mol. The molecule has 2 aliphatic rings. The molecule has 1 aliphatic carbocycles. The second-order valence-electron chi connectivity index (χ2n) is 7.73. The van der Waals surface area contributed by atoms with Gasteiger partial charge in [0.05, 0.1) is 30.7 Å². The molecular formula is C22H26N4O5.